The molecule has 158 valence electrons. The molecule has 28 heavy (non-hydrogen) atoms. The lowest BCUT2D eigenvalue weighted by Crippen LogP contribution is -2.51. The summed E-state index contributed by atoms with van der Waals surface area (Å²) in [4.78, 5) is 19.3. The van der Waals surface area contributed by atoms with E-state index in [0.717, 1.165) is 70.4 Å². The number of nitrogens with zero attached hydrogens (tertiary/aromatic N) is 4. The monoisotopic (exact) mass is 393 g/mol. The van der Waals surface area contributed by atoms with Crippen molar-refractivity contribution in [3.63, 3.8) is 0 Å². The van der Waals surface area contributed by atoms with Crippen molar-refractivity contribution in [3.05, 3.63) is 17.5 Å². The van der Waals surface area contributed by atoms with E-state index in [4.69, 9.17) is 9.26 Å². The number of hydrogen-bond donors (Lipinski definition) is 1. The van der Waals surface area contributed by atoms with Gasteiger partial charge < -0.3 is 14.6 Å². The van der Waals surface area contributed by atoms with Crippen LogP contribution < -0.4 is 5.32 Å². The van der Waals surface area contributed by atoms with Crippen LogP contribution in [0.25, 0.3) is 0 Å². The Morgan fingerprint density at radius 3 is 2.64 bits per heavy atom. The molecule has 0 aromatic carbocycles. The van der Waals surface area contributed by atoms with Crippen LogP contribution in [0.4, 0.5) is 0 Å². The van der Waals surface area contributed by atoms with Crippen LogP contribution in [0.3, 0.4) is 0 Å². The van der Waals surface area contributed by atoms with Gasteiger partial charge >= 0.3 is 0 Å². The third kappa shape index (κ3) is 6.84. The van der Waals surface area contributed by atoms with Crippen molar-refractivity contribution in [3.8, 4) is 0 Å². The van der Waals surface area contributed by atoms with E-state index in [1.807, 2.05) is 13.0 Å². The van der Waals surface area contributed by atoms with Crippen molar-refractivity contribution in [2.75, 3.05) is 65.5 Å². The van der Waals surface area contributed by atoms with E-state index in [1.165, 1.54) is 0 Å². The molecule has 1 N–H and O–H groups in total. The van der Waals surface area contributed by atoms with Crippen LogP contribution in [0, 0.1) is 12.8 Å². The third-order valence-corrected chi connectivity index (χ3v) is 5.26. The molecule has 3 rings (SSSR count). The molecule has 1 unspecified atom stereocenters. The summed E-state index contributed by atoms with van der Waals surface area (Å²) in [5, 5.41) is 6.99. The summed E-state index contributed by atoms with van der Waals surface area (Å²) in [7, 11) is 0. The summed E-state index contributed by atoms with van der Waals surface area (Å²) in [6, 6.07) is 1.98. The third-order valence-electron chi connectivity index (χ3n) is 5.26. The minimum absolute atomic E-state index is 0.0869. The molecule has 2 aliphatic heterocycles. The van der Waals surface area contributed by atoms with E-state index in [9.17, 15) is 4.79 Å². The van der Waals surface area contributed by atoms with Crippen LogP contribution in [0.5, 0.6) is 0 Å². The van der Waals surface area contributed by atoms with Gasteiger partial charge in [0.2, 0.25) is 5.91 Å². The second kappa shape index (κ2) is 10.3. The molecule has 1 amide bonds. The van der Waals surface area contributed by atoms with Crippen molar-refractivity contribution in [1.82, 2.24) is 25.2 Å². The van der Waals surface area contributed by atoms with E-state index < -0.39 is 0 Å². The van der Waals surface area contributed by atoms with E-state index >= 15 is 0 Å². The van der Waals surface area contributed by atoms with Gasteiger partial charge in [-0.3, -0.25) is 19.5 Å². The zero-order chi connectivity index (χ0) is 19.9. The Hall–Kier alpha value is -1.48. The van der Waals surface area contributed by atoms with E-state index in [1.54, 1.807) is 0 Å². The van der Waals surface area contributed by atoms with Gasteiger partial charge in [-0.15, -0.1) is 0 Å². The number of nitrogens with one attached hydrogen (secondary N) is 1. The topological polar surface area (TPSA) is 74.1 Å². The second-order valence-corrected chi connectivity index (χ2v) is 8.44. The Bertz CT molecular complexity index is 613. The number of amides is 1. The first-order valence-electron chi connectivity index (χ1n) is 10.5. The molecule has 0 bridgehead atoms. The first-order valence-corrected chi connectivity index (χ1v) is 10.5. The smallest absolute Gasteiger partial charge is 0.234 e. The van der Waals surface area contributed by atoms with Crippen LogP contribution in [-0.4, -0.2) is 97.4 Å². The first kappa shape index (κ1) is 21.2. The van der Waals surface area contributed by atoms with Gasteiger partial charge in [0.15, 0.2) is 5.76 Å². The lowest BCUT2D eigenvalue weighted by molar-refractivity contribution is -0.124. The van der Waals surface area contributed by atoms with Gasteiger partial charge in [-0.1, -0.05) is 19.0 Å². The number of aryl methyl sites for hydroxylation is 1. The quantitative estimate of drug-likeness (QED) is 0.692. The summed E-state index contributed by atoms with van der Waals surface area (Å²) in [5.74, 6) is 1.65. The molecule has 2 saturated heterocycles. The Labute approximate surface area is 168 Å². The molecule has 2 fully saturated rings. The van der Waals surface area contributed by atoms with Crippen LogP contribution in [0.1, 0.15) is 25.3 Å². The first-order chi connectivity index (χ1) is 13.5. The Morgan fingerprint density at radius 2 is 1.96 bits per heavy atom. The lowest BCUT2D eigenvalue weighted by Gasteiger charge is -2.35. The van der Waals surface area contributed by atoms with Gasteiger partial charge in [0.05, 0.1) is 31.5 Å². The highest BCUT2D eigenvalue weighted by molar-refractivity contribution is 5.78. The van der Waals surface area contributed by atoms with Gasteiger partial charge in [-0.2, -0.15) is 0 Å². The number of morpholine rings is 1. The molecule has 1 aromatic rings. The molecule has 3 heterocycles. The molecule has 0 saturated carbocycles. The molecule has 1 aromatic heterocycles. The fourth-order valence-electron chi connectivity index (χ4n) is 3.89. The molecule has 0 radical (unpaired) electrons. The average molecular weight is 394 g/mol. The SMILES string of the molecule is Cc1cc(CN2CCN(CC(=O)NCC3CN(CC(C)C)CCO3)CC2)on1. The highest BCUT2D eigenvalue weighted by Gasteiger charge is 2.23. The van der Waals surface area contributed by atoms with Gasteiger partial charge in [0.1, 0.15) is 0 Å². The maximum atomic E-state index is 12.3. The highest BCUT2D eigenvalue weighted by atomic mass is 16.5. The molecule has 0 aliphatic carbocycles. The second-order valence-electron chi connectivity index (χ2n) is 8.44. The number of piperazine rings is 1. The number of rotatable bonds is 8. The average Bonchev–Trinajstić information content (AvgIpc) is 3.06. The fourth-order valence-corrected chi connectivity index (χ4v) is 3.89. The fraction of sp³-hybridized carbons (Fsp3) is 0.800. The van der Waals surface area contributed by atoms with E-state index in [0.29, 0.717) is 19.0 Å². The summed E-state index contributed by atoms with van der Waals surface area (Å²) < 4.78 is 11.1. The molecule has 8 nitrogen and oxygen atoms in total. The Balaban J connectivity index is 1.31. The standard InChI is InChI=1S/C20H35N5O3/c1-16(2)12-25-8-9-27-19(14-25)11-21-20(26)15-24-6-4-23(5-7-24)13-18-10-17(3)22-28-18/h10,16,19H,4-9,11-15H2,1-3H3,(H,21,26). The Kier molecular flexibility index (Phi) is 7.84. The zero-order valence-electron chi connectivity index (χ0n) is 17.5. The minimum Gasteiger partial charge on any atom is -0.374 e. The normalized spacial score (nSPS) is 22.6. The number of aromatic nitrogens is 1. The van der Waals surface area contributed by atoms with Gasteiger partial charge in [-0.25, -0.2) is 0 Å². The molecular weight excluding hydrogens is 358 g/mol. The molecule has 1 atom stereocenters. The van der Waals surface area contributed by atoms with Crippen molar-refractivity contribution >= 4 is 5.91 Å². The molecule has 8 heteroatoms. The largest absolute Gasteiger partial charge is 0.374 e. The van der Waals surface area contributed by atoms with Crippen molar-refractivity contribution in [2.45, 2.75) is 33.4 Å². The predicted molar refractivity (Wildman–Crippen MR) is 107 cm³/mol. The summed E-state index contributed by atoms with van der Waals surface area (Å²) in [6.45, 7) is 15.6. The number of carbonyl (C=O) groups is 1. The Morgan fingerprint density at radius 1 is 1.21 bits per heavy atom. The van der Waals surface area contributed by atoms with Crippen LogP contribution in [0.2, 0.25) is 0 Å². The number of hydrogen-bond acceptors (Lipinski definition) is 7. The summed E-state index contributed by atoms with van der Waals surface area (Å²) >= 11 is 0. The predicted octanol–water partition coefficient (Wildman–Crippen LogP) is 0.574. The summed E-state index contributed by atoms with van der Waals surface area (Å²) in [5.41, 5.74) is 0.916. The maximum absolute atomic E-state index is 12.3. The van der Waals surface area contributed by atoms with Gasteiger partial charge in [0.25, 0.3) is 0 Å². The zero-order valence-corrected chi connectivity index (χ0v) is 17.5. The van der Waals surface area contributed by atoms with Crippen molar-refractivity contribution < 1.29 is 14.1 Å². The van der Waals surface area contributed by atoms with Gasteiger partial charge in [-0.05, 0) is 12.8 Å². The van der Waals surface area contributed by atoms with E-state index in [-0.39, 0.29) is 12.0 Å². The molecule has 0 spiro atoms. The lowest BCUT2D eigenvalue weighted by atomic mass is 10.2. The van der Waals surface area contributed by atoms with Crippen LogP contribution in [-0.2, 0) is 16.1 Å². The summed E-state index contributed by atoms with van der Waals surface area (Å²) in [6.07, 6.45) is 0.0960. The molecular formula is C20H35N5O3. The van der Waals surface area contributed by atoms with E-state index in [2.05, 4.69) is 39.0 Å². The van der Waals surface area contributed by atoms with Crippen LogP contribution in [0.15, 0.2) is 10.6 Å². The van der Waals surface area contributed by atoms with Crippen molar-refractivity contribution in [1.29, 1.82) is 0 Å². The van der Waals surface area contributed by atoms with Crippen molar-refractivity contribution in [2.24, 2.45) is 5.92 Å². The number of carbonyl (C=O) groups excluding carboxylic acids is 1. The van der Waals surface area contributed by atoms with Crippen LogP contribution >= 0.6 is 0 Å². The number of ether oxygens (including phenoxy) is 1. The maximum Gasteiger partial charge on any atom is 0.234 e. The molecule has 2 aliphatic rings. The highest BCUT2D eigenvalue weighted by Crippen LogP contribution is 2.10. The van der Waals surface area contributed by atoms with Gasteiger partial charge in [0, 0.05) is 58.4 Å². The minimum atomic E-state index is 0.0869.